The molecule has 146 valence electrons. The SMILES string of the molecule is Cc1ccc(S(=O)(=O)N(CC(=O)NCC(C)C)c2ccc(C)c(Cl)c2)cc1. The molecule has 0 aliphatic rings. The third-order valence-corrected chi connectivity index (χ3v) is 6.24. The fourth-order valence-electron chi connectivity index (χ4n) is 2.39. The molecule has 0 saturated carbocycles. The average molecular weight is 409 g/mol. The van der Waals surface area contributed by atoms with Crippen LogP contribution < -0.4 is 9.62 Å². The third kappa shape index (κ3) is 5.47. The highest BCUT2D eigenvalue weighted by Crippen LogP contribution is 2.28. The van der Waals surface area contributed by atoms with Gasteiger partial charge in [0.25, 0.3) is 10.0 Å². The molecule has 0 bridgehead atoms. The van der Waals surface area contributed by atoms with Crippen LogP contribution in [0.1, 0.15) is 25.0 Å². The maximum atomic E-state index is 13.2. The molecular weight excluding hydrogens is 384 g/mol. The molecule has 5 nitrogen and oxygen atoms in total. The molecule has 0 radical (unpaired) electrons. The third-order valence-electron chi connectivity index (χ3n) is 4.05. The minimum absolute atomic E-state index is 0.126. The van der Waals surface area contributed by atoms with E-state index in [0.717, 1.165) is 15.4 Å². The molecule has 1 N–H and O–H groups in total. The number of aryl methyl sites for hydroxylation is 2. The molecule has 0 aliphatic carbocycles. The minimum atomic E-state index is -3.92. The van der Waals surface area contributed by atoms with Gasteiger partial charge in [-0.2, -0.15) is 0 Å². The zero-order valence-electron chi connectivity index (χ0n) is 16.0. The number of sulfonamides is 1. The normalized spacial score (nSPS) is 11.5. The Morgan fingerprint density at radius 2 is 1.74 bits per heavy atom. The summed E-state index contributed by atoms with van der Waals surface area (Å²) in [6, 6.07) is 11.5. The first kappa shape index (κ1) is 21.3. The number of hydrogen-bond donors (Lipinski definition) is 1. The van der Waals surface area contributed by atoms with Crippen molar-refractivity contribution < 1.29 is 13.2 Å². The number of anilines is 1. The Morgan fingerprint density at radius 1 is 1.11 bits per heavy atom. The van der Waals surface area contributed by atoms with Crippen LogP contribution >= 0.6 is 11.6 Å². The molecule has 0 saturated heterocycles. The standard InChI is InChI=1S/C20H25ClN2O3S/c1-14(2)12-22-20(24)13-23(17-8-7-16(4)19(21)11-17)27(25,26)18-9-5-15(3)6-10-18/h5-11,14H,12-13H2,1-4H3,(H,22,24). The summed E-state index contributed by atoms with van der Waals surface area (Å²) in [6.45, 7) is 7.82. The van der Waals surface area contributed by atoms with Crippen molar-refractivity contribution in [3.05, 3.63) is 58.6 Å². The van der Waals surface area contributed by atoms with Crippen LogP contribution in [0.5, 0.6) is 0 Å². The van der Waals surface area contributed by atoms with E-state index in [-0.39, 0.29) is 23.3 Å². The second kappa shape index (κ2) is 8.76. The number of hydrogen-bond acceptors (Lipinski definition) is 3. The van der Waals surface area contributed by atoms with E-state index in [9.17, 15) is 13.2 Å². The number of carbonyl (C=O) groups is 1. The number of amides is 1. The van der Waals surface area contributed by atoms with E-state index in [1.165, 1.54) is 0 Å². The van der Waals surface area contributed by atoms with Gasteiger partial charge in [-0.05, 0) is 49.6 Å². The largest absolute Gasteiger partial charge is 0.354 e. The van der Waals surface area contributed by atoms with Crippen LogP contribution in [0.15, 0.2) is 47.4 Å². The van der Waals surface area contributed by atoms with Crippen molar-refractivity contribution in [1.82, 2.24) is 5.32 Å². The summed E-state index contributed by atoms with van der Waals surface area (Å²) in [7, 11) is -3.92. The van der Waals surface area contributed by atoms with Crippen LogP contribution in [-0.4, -0.2) is 27.4 Å². The predicted molar refractivity (Wildman–Crippen MR) is 110 cm³/mol. The summed E-state index contributed by atoms with van der Waals surface area (Å²) in [5.74, 6) is -0.0963. The summed E-state index contributed by atoms with van der Waals surface area (Å²) in [5.41, 5.74) is 2.14. The van der Waals surface area contributed by atoms with Gasteiger partial charge in [-0.25, -0.2) is 8.42 Å². The van der Waals surface area contributed by atoms with Crippen molar-refractivity contribution >= 4 is 33.2 Å². The van der Waals surface area contributed by atoms with Crippen LogP contribution in [0, 0.1) is 19.8 Å². The quantitative estimate of drug-likeness (QED) is 0.754. The zero-order valence-corrected chi connectivity index (χ0v) is 17.6. The number of rotatable bonds is 7. The van der Waals surface area contributed by atoms with Gasteiger partial charge >= 0.3 is 0 Å². The van der Waals surface area contributed by atoms with E-state index in [4.69, 9.17) is 11.6 Å². The Kier molecular flexibility index (Phi) is 6.89. The van der Waals surface area contributed by atoms with E-state index in [1.54, 1.807) is 42.5 Å². The Hall–Kier alpha value is -2.05. The Bertz CT molecular complexity index is 909. The number of carbonyl (C=O) groups excluding carboxylic acids is 1. The molecule has 0 aromatic heterocycles. The van der Waals surface area contributed by atoms with Crippen molar-refractivity contribution in [1.29, 1.82) is 0 Å². The van der Waals surface area contributed by atoms with E-state index in [0.29, 0.717) is 17.3 Å². The molecule has 2 rings (SSSR count). The molecule has 0 aliphatic heterocycles. The molecule has 2 aromatic rings. The van der Waals surface area contributed by atoms with Crippen LogP contribution in [-0.2, 0) is 14.8 Å². The van der Waals surface area contributed by atoms with Crippen molar-refractivity contribution in [3.63, 3.8) is 0 Å². The Morgan fingerprint density at radius 3 is 2.30 bits per heavy atom. The lowest BCUT2D eigenvalue weighted by atomic mass is 10.2. The lowest BCUT2D eigenvalue weighted by Crippen LogP contribution is -2.41. The van der Waals surface area contributed by atoms with E-state index < -0.39 is 10.0 Å². The average Bonchev–Trinajstić information content (AvgIpc) is 2.60. The number of nitrogens with one attached hydrogen (secondary N) is 1. The summed E-state index contributed by atoms with van der Waals surface area (Å²) >= 11 is 6.19. The summed E-state index contributed by atoms with van der Waals surface area (Å²) in [5, 5.41) is 3.21. The molecule has 0 atom stereocenters. The number of benzene rings is 2. The van der Waals surface area contributed by atoms with Gasteiger partial charge in [0, 0.05) is 11.6 Å². The summed E-state index contributed by atoms with van der Waals surface area (Å²) in [4.78, 5) is 12.5. The fraction of sp³-hybridized carbons (Fsp3) is 0.350. The highest BCUT2D eigenvalue weighted by molar-refractivity contribution is 7.92. The number of halogens is 1. The first-order valence-corrected chi connectivity index (χ1v) is 10.6. The maximum absolute atomic E-state index is 13.2. The molecule has 0 fully saturated rings. The topological polar surface area (TPSA) is 66.5 Å². The van der Waals surface area contributed by atoms with Gasteiger partial charge in [-0.1, -0.05) is 49.2 Å². The van der Waals surface area contributed by atoms with Crippen LogP contribution in [0.4, 0.5) is 5.69 Å². The summed E-state index contributed by atoms with van der Waals surface area (Å²) in [6.07, 6.45) is 0. The van der Waals surface area contributed by atoms with E-state index >= 15 is 0 Å². The molecule has 2 aromatic carbocycles. The highest BCUT2D eigenvalue weighted by Gasteiger charge is 2.27. The van der Waals surface area contributed by atoms with Gasteiger partial charge in [0.1, 0.15) is 6.54 Å². The number of nitrogens with zero attached hydrogens (tertiary/aromatic N) is 1. The lowest BCUT2D eigenvalue weighted by molar-refractivity contribution is -0.119. The first-order chi connectivity index (χ1) is 12.6. The van der Waals surface area contributed by atoms with Gasteiger partial charge in [0.2, 0.25) is 5.91 Å². The molecule has 27 heavy (non-hydrogen) atoms. The van der Waals surface area contributed by atoms with Gasteiger partial charge in [-0.3, -0.25) is 9.10 Å². The van der Waals surface area contributed by atoms with E-state index in [2.05, 4.69) is 5.32 Å². The first-order valence-electron chi connectivity index (χ1n) is 8.73. The van der Waals surface area contributed by atoms with E-state index in [1.807, 2.05) is 27.7 Å². The van der Waals surface area contributed by atoms with Crippen molar-refractivity contribution in [2.75, 3.05) is 17.4 Å². The van der Waals surface area contributed by atoms with Gasteiger partial charge < -0.3 is 5.32 Å². The Balaban J connectivity index is 2.43. The van der Waals surface area contributed by atoms with Gasteiger partial charge in [-0.15, -0.1) is 0 Å². The van der Waals surface area contributed by atoms with Crippen LogP contribution in [0.2, 0.25) is 5.02 Å². The van der Waals surface area contributed by atoms with Crippen molar-refractivity contribution in [3.8, 4) is 0 Å². The molecule has 0 unspecified atom stereocenters. The van der Waals surface area contributed by atoms with Crippen molar-refractivity contribution in [2.24, 2.45) is 5.92 Å². The molecule has 0 heterocycles. The molecular formula is C20H25ClN2O3S. The van der Waals surface area contributed by atoms with Gasteiger partial charge in [0.15, 0.2) is 0 Å². The monoisotopic (exact) mass is 408 g/mol. The molecule has 7 heteroatoms. The lowest BCUT2D eigenvalue weighted by Gasteiger charge is -2.25. The molecule has 0 spiro atoms. The smallest absolute Gasteiger partial charge is 0.264 e. The Labute approximate surface area is 166 Å². The highest BCUT2D eigenvalue weighted by atomic mass is 35.5. The second-order valence-corrected chi connectivity index (χ2v) is 9.23. The maximum Gasteiger partial charge on any atom is 0.264 e. The van der Waals surface area contributed by atoms with Crippen LogP contribution in [0.3, 0.4) is 0 Å². The van der Waals surface area contributed by atoms with Gasteiger partial charge in [0.05, 0.1) is 10.6 Å². The minimum Gasteiger partial charge on any atom is -0.354 e. The fourth-order valence-corrected chi connectivity index (χ4v) is 3.98. The summed E-state index contributed by atoms with van der Waals surface area (Å²) < 4.78 is 27.5. The van der Waals surface area contributed by atoms with Crippen molar-refractivity contribution in [2.45, 2.75) is 32.6 Å². The predicted octanol–water partition coefficient (Wildman–Crippen LogP) is 3.92. The molecule has 1 amide bonds. The zero-order chi connectivity index (χ0) is 20.2. The van der Waals surface area contributed by atoms with Crippen LogP contribution in [0.25, 0.3) is 0 Å². The second-order valence-electron chi connectivity index (χ2n) is 6.96.